The lowest BCUT2D eigenvalue weighted by atomic mass is 10.2. The number of carbonyl (C=O) groups excluding carboxylic acids is 1. The van der Waals surface area contributed by atoms with E-state index in [-0.39, 0.29) is 18.2 Å². The van der Waals surface area contributed by atoms with Gasteiger partial charge in [0.1, 0.15) is 10.8 Å². The third kappa shape index (κ3) is 5.46. The van der Waals surface area contributed by atoms with E-state index in [0.717, 1.165) is 10.0 Å². The summed E-state index contributed by atoms with van der Waals surface area (Å²) >= 11 is 15.6. The number of hydrogen-bond donors (Lipinski definition) is 1. The zero-order valence-corrected chi connectivity index (χ0v) is 19.1. The Morgan fingerprint density at radius 2 is 1.87 bits per heavy atom. The summed E-state index contributed by atoms with van der Waals surface area (Å²) in [5.41, 5.74) is 1.29. The van der Waals surface area contributed by atoms with E-state index in [9.17, 15) is 4.79 Å². The van der Waals surface area contributed by atoms with Crippen molar-refractivity contribution in [2.75, 3.05) is 5.32 Å². The van der Waals surface area contributed by atoms with Gasteiger partial charge in [-0.15, -0.1) is 0 Å². The fourth-order valence-corrected chi connectivity index (χ4v) is 3.78. The Morgan fingerprint density at radius 3 is 2.65 bits per heavy atom. The first kappa shape index (κ1) is 21.4. The summed E-state index contributed by atoms with van der Waals surface area (Å²) in [4.78, 5) is 12.6. The van der Waals surface area contributed by atoms with Crippen molar-refractivity contribution < 1.29 is 9.53 Å². The number of carbonyl (C=O) groups is 1. The third-order valence-electron chi connectivity index (χ3n) is 4.26. The fourth-order valence-electron chi connectivity index (χ4n) is 2.79. The molecular weight excluding hydrogens is 505 g/mol. The lowest BCUT2D eigenvalue weighted by Crippen LogP contribution is -2.15. The molecule has 2 heterocycles. The quantitative estimate of drug-likeness (QED) is 0.350. The number of benzene rings is 2. The van der Waals surface area contributed by atoms with E-state index in [1.165, 1.54) is 4.68 Å². The van der Waals surface area contributed by atoms with E-state index in [0.29, 0.717) is 22.3 Å². The normalized spacial score (nSPS) is 10.8. The van der Waals surface area contributed by atoms with Crippen molar-refractivity contribution >= 4 is 50.9 Å². The minimum Gasteiger partial charge on any atom is -0.470 e. The van der Waals surface area contributed by atoms with Gasteiger partial charge in [0.05, 0.1) is 11.0 Å². The number of halogens is 3. The molecule has 0 bridgehead atoms. The monoisotopic (exact) mass is 519 g/mol. The molecule has 0 aliphatic carbocycles. The van der Waals surface area contributed by atoms with Crippen LogP contribution in [0.4, 0.5) is 5.82 Å². The highest BCUT2D eigenvalue weighted by Gasteiger charge is 2.15. The molecule has 0 aliphatic rings. The molecule has 10 heteroatoms. The Kier molecular flexibility index (Phi) is 6.60. The van der Waals surface area contributed by atoms with Crippen molar-refractivity contribution in [2.45, 2.75) is 13.3 Å². The van der Waals surface area contributed by atoms with Crippen molar-refractivity contribution in [1.29, 1.82) is 0 Å². The van der Waals surface area contributed by atoms with Gasteiger partial charge >= 0.3 is 0 Å². The van der Waals surface area contributed by atoms with Gasteiger partial charge in [0, 0.05) is 17.4 Å². The van der Waals surface area contributed by atoms with Crippen LogP contribution in [0.25, 0.3) is 0 Å². The van der Waals surface area contributed by atoms with Crippen molar-refractivity contribution in [1.82, 2.24) is 19.6 Å². The van der Waals surface area contributed by atoms with Gasteiger partial charge in [0.25, 0.3) is 5.91 Å². The first-order chi connectivity index (χ1) is 15.0. The molecule has 0 atom stereocenters. The summed E-state index contributed by atoms with van der Waals surface area (Å²) < 4.78 is 9.60. The molecule has 0 saturated carbocycles. The van der Waals surface area contributed by atoms with E-state index in [2.05, 4.69) is 31.4 Å². The first-order valence-corrected chi connectivity index (χ1v) is 10.7. The van der Waals surface area contributed by atoms with Crippen LogP contribution in [0, 0.1) is 0 Å². The maximum absolute atomic E-state index is 12.6. The summed E-state index contributed by atoms with van der Waals surface area (Å²) in [6.45, 7) is 0.669. The van der Waals surface area contributed by atoms with Gasteiger partial charge in [-0.25, -0.2) is 4.68 Å². The second-order valence-corrected chi connectivity index (χ2v) is 8.25. The molecule has 1 amide bonds. The Labute approximate surface area is 196 Å². The summed E-state index contributed by atoms with van der Waals surface area (Å²) in [6, 6.07) is 16.6. The Bertz CT molecular complexity index is 1210. The maximum atomic E-state index is 12.6. The number of rotatable bonds is 7. The van der Waals surface area contributed by atoms with Crippen LogP contribution in [0.15, 0.2) is 71.5 Å². The lowest BCUT2D eigenvalue weighted by Gasteiger charge is -2.08. The van der Waals surface area contributed by atoms with E-state index in [1.54, 1.807) is 41.3 Å². The second-order valence-electron chi connectivity index (χ2n) is 6.55. The number of nitrogens with one attached hydrogen (secondary N) is 1. The van der Waals surface area contributed by atoms with Crippen LogP contribution in [-0.2, 0) is 13.3 Å². The molecule has 0 unspecified atom stereocenters. The summed E-state index contributed by atoms with van der Waals surface area (Å²) in [5, 5.41) is 12.2. The summed E-state index contributed by atoms with van der Waals surface area (Å²) in [7, 11) is 0. The van der Waals surface area contributed by atoms with Crippen LogP contribution in [0.3, 0.4) is 0 Å². The van der Waals surface area contributed by atoms with Crippen LogP contribution >= 0.6 is 39.1 Å². The average Bonchev–Trinajstić information content (AvgIpc) is 3.35. The number of anilines is 1. The second kappa shape index (κ2) is 9.55. The van der Waals surface area contributed by atoms with E-state index in [4.69, 9.17) is 27.9 Å². The van der Waals surface area contributed by atoms with Crippen molar-refractivity contribution in [3.05, 3.63) is 92.8 Å². The molecule has 0 aliphatic heterocycles. The fraction of sp³-hybridized carbons (Fsp3) is 0.0952. The van der Waals surface area contributed by atoms with Gasteiger partial charge in [0.2, 0.25) is 0 Å². The zero-order valence-electron chi connectivity index (χ0n) is 16.0. The topological polar surface area (TPSA) is 74.0 Å². The molecule has 0 spiro atoms. The van der Waals surface area contributed by atoms with Crippen molar-refractivity contribution in [3.8, 4) is 5.75 Å². The minimum absolute atomic E-state index is 0.125. The third-order valence-corrected chi connectivity index (χ3v) is 5.39. The molecule has 0 fully saturated rings. The van der Waals surface area contributed by atoms with Gasteiger partial charge in [0.15, 0.2) is 18.2 Å². The van der Waals surface area contributed by atoms with Crippen LogP contribution in [-0.4, -0.2) is 25.5 Å². The summed E-state index contributed by atoms with van der Waals surface area (Å²) in [6.07, 6.45) is 3.31. The predicted octanol–water partition coefficient (Wildman–Crippen LogP) is 5.49. The molecule has 7 nitrogen and oxygen atoms in total. The lowest BCUT2D eigenvalue weighted by molar-refractivity contribution is 0.101. The molecule has 0 saturated heterocycles. The molecule has 31 heavy (non-hydrogen) atoms. The molecular formula is C21H16BrCl2N5O2. The van der Waals surface area contributed by atoms with Gasteiger partial charge in [-0.1, -0.05) is 53.5 Å². The Balaban J connectivity index is 1.38. The predicted molar refractivity (Wildman–Crippen MR) is 123 cm³/mol. The highest BCUT2D eigenvalue weighted by Crippen LogP contribution is 2.28. The number of nitrogens with zero attached hydrogens (tertiary/aromatic N) is 4. The van der Waals surface area contributed by atoms with E-state index < -0.39 is 5.91 Å². The largest absolute Gasteiger partial charge is 0.470 e. The number of aromatic nitrogens is 4. The SMILES string of the molecule is O=C(Nc1nn(Cc2ccccc2)cc1Cl)c1ccn(COc2ccc(Cl)cc2Br)n1. The van der Waals surface area contributed by atoms with Gasteiger partial charge < -0.3 is 10.1 Å². The molecule has 1 N–H and O–H groups in total. The van der Waals surface area contributed by atoms with Crippen molar-refractivity contribution in [3.63, 3.8) is 0 Å². The summed E-state index contributed by atoms with van der Waals surface area (Å²) in [5.74, 6) is 0.471. The highest BCUT2D eigenvalue weighted by molar-refractivity contribution is 9.10. The molecule has 2 aromatic heterocycles. The van der Waals surface area contributed by atoms with Gasteiger partial charge in [-0.05, 0) is 45.8 Å². The minimum atomic E-state index is -0.418. The smallest absolute Gasteiger partial charge is 0.277 e. The van der Waals surface area contributed by atoms with Crippen LogP contribution < -0.4 is 10.1 Å². The van der Waals surface area contributed by atoms with Gasteiger partial charge in [-0.3, -0.25) is 9.48 Å². The standard InChI is InChI=1S/C21H16BrCl2N5O2/c22-16-10-15(23)6-7-19(16)31-13-28-9-8-18(26-28)21(30)25-20-17(24)12-29(27-20)11-14-4-2-1-3-5-14/h1-10,12H,11,13H2,(H,25,27,30). The highest BCUT2D eigenvalue weighted by atomic mass is 79.9. The van der Waals surface area contributed by atoms with Gasteiger partial charge in [-0.2, -0.15) is 10.2 Å². The Hall–Kier alpha value is -2.81. The van der Waals surface area contributed by atoms with Crippen LogP contribution in [0.2, 0.25) is 10.0 Å². The van der Waals surface area contributed by atoms with Crippen molar-refractivity contribution in [2.24, 2.45) is 0 Å². The average molecular weight is 521 g/mol. The van der Waals surface area contributed by atoms with Crippen LogP contribution in [0.1, 0.15) is 16.1 Å². The zero-order chi connectivity index (χ0) is 21.8. The number of amides is 1. The number of hydrogen-bond acceptors (Lipinski definition) is 4. The molecule has 0 radical (unpaired) electrons. The van der Waals surface area contributed by atoms with E-state index >= 15 is 0 Å². The maximum Gasteiger partial charge on any atom is 0.277 e. The molecule has 4 aromatic rings. The number of ether oxygens (including phenoxy) is 1. The molecule has 158 valence electrons. The molecule has 2 aromatic carbocycles. The van der Waals surface area contributed by atoms with E-state index in [1.807, 2.05) is 30.3 Å². The molecule has 4 rings (SSSR count). The first-order valence-electron chi connectivity index (χ1n) is 9.17. The van der Waals surface area contributed by atoms with Crippen LogP contribution in [0.5, 0.6) is 5.75 Å². The Morgan fingerprint density at radius 1 is 1.06 bits per heavy atom.